The standard InChI is InChI=1S/C32H44O8/c1-6-26-18(2)12-13-31(40-26)16-24-15-23(39-31)11-10-20(4)27(33)19(3)8-7-9-22-17-37-29-28(34)21(5)14-25(30(35)38-24)32(22,29)36/h7-10,14,18-19,23-26,28-29,34,36H,6,11-13,15-17H2,1-5H3/b8-7+,20-10+,22-9+/t18-,19-,23+,24-,25-,26+,28+,29+,31+,32+/m0/s1. The Labute approximate surface area is 237 Å². The van der Waals surface area contributed by atoms with E-state index in [0.717, 1.165) is 12.8 Å². The van der Waals surface area contributed by atoms with Crippen molar-refractivity contribution < 1.29 is 38.7 Å². The molecule has 0 aromatic rings. The summed E-state index contributed by atoms with van der Waals surface area (Å²) in [4.78, 5) is 27.0. The van der Waals surface area contributed by atoms with Gasteiger partial charge in [-0.05, 0) is 55.7 Å². The lowest BCUT2D eigenvalue weighted by molar-refractivity contribution is -0.335. The van der Waals surface area contributed by atoms with E-state index in [4.69, 9.17) is 18.9 Å². The van der Waals surface area contributed by atoms with Crippen LogP contribution in [0.1, 0.15) is 73.1 Å². The van der Waals surface area contributed by atoms with Gasteiger partial charge in [-0.15, -0.1) is 0 Å². The quantitative estimate of drug-likeness (QED) is 0.367. The van der Waals surface area contributed by atoms with E-state index >= 15 is 0 Å². The lowest BCUT2D eigenvalue weighted by atomic mass is 9.71. The third-order valence-electron chi connectivity index (χ3n) is 9.58. The minimum Gasteiger partial charge on any atom is -0.462 e. The monoisotopic (exact) mass is 556 g/mol. The maximum atomic E-state index is 13.9. The van der Waals surface area contributed by atoms with Crippen molar-refractivity contribution in [1.29, 1.82) is 0 Å². The number of hydrogen-bond acceptors (Lipinski definition) is 8. The SMILES string of the molecule is CC[C@H]1O[C@]2(CC[C@@H]1C)C[C@@H]1C[C@@H](C/C=C(\C)C(=O)[C@@H](C)/C=C/C=C3\CO[C@@H]4[C@H](O)C(C)=C[C@@H](C(=O)O1)[C@]34O)O2. The van der Waals surface area contributed by atoms with Gasteiger partial charge < -0.3 is 29.2 Å². The minimum atomic E-state index is -1.77. The zero-order chi connectivity index (χ0) is 28.8. The highest BCUT2D eigenvalue weighted by Crippen LogP contribution is 2.47. The Morgan fingerprint density at radius 2 is 1.90 bits per heavy atom. The molecule has 1 aliphatic carbocycles. The van der Waals surface area contributed by atoms with Crippen molar-refractivity contribution in [2.75, 3.05) is 6.61 Å². The van der Waals surface area contributed by atoms with Gasteiger partial charge in [-0.1, -0.05) is 51.2 Å². The van der Waals surface area contributed by atoms with Gasteiger partial charge in [0, 0.05) is 25.2 Å². The van der Waals surface area contributed by atoms with Crippen LogP contribution in [0.25, 0.3) is 0 Å². The molecule has 5 rings (SSSR count). The van der Waals surface area contributed by atoms with E-state index in [1.165, 1.54) is 0 Å². The largest absolute Gasteiger partial charge is 0.462 e. The number of carbonyl (C=O) groups is 2. The predicted molar refractivity (Wildman–Crippen MR) is 148 cm³/mol. The molecule has 5 aliphatic rings. The number of ether oxygens (including phenoxy) is 4. The molecule has 0 aromatic heterocycles. The van der Waals surface area contributed by atoms with Crippen LogP contribution >= 0.6 is 0 Å². The Kier molecular flexibility index (Phi) is 8.30. The molecule has 2 bridgehead atoms. The van der Waals surface area contributed by atoms with Gasteiger partial charge in [-0.3, -0.25) is 9.59 Å². The van der Waals surface area contributed by atoms with E-state index in [0.29, 0.717) is 48.3 Å². The minimum absolute atomic E-state index is 0.00724. The van der Waals surface area contributed by atoms with Crippen LogP contribution in [0.15, 0.2) is 47.1 Å². The molecule has 10 atom stereocenters. The molecular weight excluding hydrogens is 512 g/mol. The number of aliphatic hydroxyl groups is 2. The molecule has 8 nitrogen and oxygen atoms in total. The normalized spacial score (nSPS) is 47.8. The van der Waals surface area contributed by atoms with Crippen LogP contribution in [0.3, 0.4) is 0 Å². The second-order valence-corrected chi connectivity index (χ2v) is 12.5. The average molecular weight is 557 g/mol. The first kappa shape index (κ1) is 29.4. The molecule has 0 saturated carbocycles. The van der Waals surface area contributed by atoms with E-state index in [9.17, 15) is 19.8 Å². The average Bonchev–Trinajstić information content (AvgIpc) is 3.26. The van der Waals surface area contributed by atoms with Crippen molar-refractivity contribution in [3.63, 3.8) is 0 Å². The van der Waals surface area contributed by atoms with Crippen LogP contribution < -0.4 is 0 Å². The number of rotatable bonds is 1. The number of Topliss-reactive ketones (excluding diaryl/α,β-unsaturated/α-hetero) is 1. The Hall–Kier alpha value is -2.10. The van der Waals surface area contributed by atoms with Crippen LogP contribution in [0, 0.1) is 17.8 Å². The summed E-state index contributed by atoms with van der Waals surface area (Å²) in [7, 11) is 0. The van der Waals surface area contributed by atoms with Crippen molar-refractivity contribution >= 4 is 11.8 Å². The molecule has 220 valence electrons. The van der Waals surface area contributed by atoms with E-state index in [1.807, 2.05) is 19.9 Å². The highest BCUT2D eigenvalue weighted by molar-refractivity contribution is 5.97. The summed E-state index contributed by atoms with van der Waals surface area (Å²) in [5, 5.41) is 22.9. The van der Waals surface area contributed by atoms with Crippen LogP contribution in [0.4, 0.5) is 0 Å². The second kappa shape index (κ2) is 11.3. The predicted octanol–water partition coefficient (Wildman–Crippen LogP) is 4.10. The summed E-state index contributed by atoms with van der Waals surface area (Å²) in [6, 6.07) is 0. The van der Waals surface area contributed by atoms with Crippen LogP contribution in [0.5, 0.6) is 0 Å². The Bertz CT molecular complexity index is 1140. The van der Waals surface area contributed by atoms with Crippen molar-refractivity contribution in [2.45, 2.75) is 115 Å². The maximum absolute atomic E-state index is 13.9. The van der Waals surface area contributed by atoms with Crippen molar-refractivity contribution in [2.24, 2.45) is 17.8 Å². The highest BCUT2D eigenvalue weighted by Gasteiger charge is 2.60. The molecule has 3 saturated heterocycles. The Morgan fingerprint density at radius 3 is 2.65 bits per heavy atom. The summed E-state index contributed by atoms with van der Waals surface area (Å²) in [5.74, 6) is -2.45. The topological polar surface area (TPSA) is 112 Å². The fourth-order valence-corrected chi connectivity index (χ4v) is 7.07. The third kappa shape index (κ3) is 5.29. The molecule has 40 heavy (non-hydrogen) atoms. The molecule has 4 heterocycles. The zero-order valence-corrected chi connectivity index (χ0v) is 24.3. The first-order chi connectivity index (χ1) is 19.0. The molecular formula is C32H44O8. The van der Waals surface area contributed by atoms with E-state index in [-0.39, 0.29) is 30.5 Å². The fraction of sp³-hybridized carbons (Fsp3) is 0.688. The summed E-state index contributed by atoms with van der Waals surface area (Å²) >= 11 is 0. The highest BCUT2D eigenvalue weighted by atomic mass is 16.7. The van der Waals surface area contributed by atoms with Crippen molar-refractivity contribution in [3.05, 3.63) is 47.1 Å². The van der Waals surface area contributed by atoms with Gasteiger partial charge in [0.05, 0.1) is 18.8 Å². The summed E-state index contributed by atoms with van der Waals surface area (Å²) in [5.41, 5.74) is -0.0989. The van der Waals surface area contributed by atoms with E-state index in [2.05, 4.69) is 13.8 Å². The molecule has 0 amide bonds. The number of aliphatic hydroxyl groups excluding tert-OH is 1. The summed E-state index contributed by atoms with van der Waals surface area (Å²) in [6.45, 7) is 9.73. The van der Waals surface area contributed by atoms with Gasteiger partial charge in [0.25, 0.3) is 0 Å². The summed E-state index contributed by atoms with van der Waals surface area (Å²) < 4.78 is 25.2. The number of esters is 1. The summed E-state index contributed by atoms with van der Waals surface area (Å²) in [6.07, 6.45) is 9.75. The molecule has 1 spiro atoms. The number of allylic oxidation sites excluding steroid dienone is 4. The first-order valence-corrected chi connectivity index (χ1v) is 14.8. The van der Waals surface area contributed by atoms with Crippen LogP contribution in [0.2, 0.25) is 0 Å². The fourth-order valence-electron chi connectivity index (χ4n) is 7.07. The van der Waals surface area contributed by atoms with Crippen molar-refractivity contribution in [3.8, 4) is 0 Å². The van der Waals surface area contributed by atoms with E-state index < -0.39 is 41.6 Å². The smallest absolute Gasteiger partial charge is 0.316 e. The number of ketones is 1. The van der Waals surface area contributed by atoms with Gasteiger partial charge in [-0.25, -0.2) is 0 Å². The van der Waals surface area contributed by atoms with Gasteiger partial charge in [0.15, 0.2) is 11.6 Å². The number of hydrogen-bond donors (Lipinski definition) is 2. The molecule has 2 N–H and O–H groups in total. The zero-order valence-electron chi connectivity index (χ0n) is 24.3. The third-order valence-corrected chi connectivity index (χ3v) is 9.58. The Balaban J connectivity index is 1.54. The van der Waals surface area contributed by atoms with E-state index in [1.54, 1.807) is 31.2 Å². The van der Waals surface area contributed by atoms with Gasteiger partial charge in [-0.2, -0.15) is 0 Å². The molecule has 8 heteroatoms. The van der Waals surface area contributed by atoms with Gasteiger partial charge in [0.2, 0.25) is 0 Å². The molecule has 3 fully saturated rings. The lowest BCUT2D eigenvalue weighted by Crippen LogP contribution is -2.58. The van der Waals surface area contributed by atoms with Crippen molar-refractivity contribution in [1.82, 2.24) is 0 Å². The number of fused-ring (bicyclic) bond motifs is 2. The van der Waals surface area contributed by atoms with Crippen LogP contribution in [-0.2, 0) is 28.5 Å². The molecule has 0 aromatic carbocycles. The maximum Gasteiger partial charge on any atom is 0.316 e. The van der Waals surface area contributed by atoms with Crippen LogP contribution in [-0.4, -0.2) is 70.5 Å². The number of carbonyl (C=O) groups excluding carboxylic acids is 2. The second-order valence-electron chi connectivity index (χ2n) is 12.5. The molecule has 0 radical (unpaired) electrons. The lowest BCUT2D eigenvalue weighted by Gasteiger charge is -2.50. The van der Waals surface area contributed by atoms with Gasteiger partial charge >= 0.3 is 5.97 Å². The van der Waals surface area contributed by atoms with Gasteiger partial charge in [0.1, 0.15) is 29.8 Å². The molecule has 0 unspecified atom stereocenters. The Morgan fingerprint density at radius 1 is 1.12 bits per heavy atom. The first-order valence-electron chi connectivity index (χ1n) is 14.8. The molecule has 4 aliphatic heterocycles.